The van der Waals surface area contributed by atoms with Gasteiger partial charge in [-0.25, -0.2) is 8.42 Å². The Bertz CT molecular complexity index is 993. The molecule has 8 nitrogen and oxygen atoms in total. The van der Waals surface area contributed by atoms with Gasteiger partial charge in [0.2, 0.25) is 0 Å². The van der Waals surface area contributed by atoms with Gasteiger partial charge in [-0.1, -0.05) is 18.2 Å². The number of para-hydroxylation sites is 1. The molecule has 0 saturated heterocycles. The first-order valence-electron chi connectivity index (χ1n) is 9.62. The fourth-order valence-corrected chi connectivity index (χ4v) is 4.82. The summed E-state index contributed by atoms with van der Waals surface area (Å²) in [7, 11) is -0.791. The Balaban J connectivity index is 1.78. The molecule has 2 aromatic carbocycles. The minimum Gasteiger partial charge on any atom is -0.496 e. The number of benzene rings is 2. The van der Waals surface area contributed by atoms with Gasteiger partial charge in [0.1, 0.15) is 5.75 Å². The first-order valence-corrected chi connectivity index (χ1v) is 11.1. The lowest BCUT2D eigenvalue weighted by Gasteiger charge is -2.20. The molecule has 1 aliphatic heterocycles. The van der Waals surface area contributed by atoms with E-state index in [4.69, 9.17) is 14.2 Å². The van der Waals surface area contributed by atoms with E-state index in [9.17, 15) is 13.2 Å². The molecule has 9 heteroatoms. The highest BCUT2D eigenvalue weighted by Crippen LogP contribution is 2.33. The van der Waals surface area contributed by atoms with Crippen molar-refractivity contribution in [3.63, 3.8) is 0 Å². The summed E-state index contributed by atoms with van der Waals surface area (Å²) >= 11 is 0. The molecule has 3 rings (SSSR count). The first-order chi connectivity index (χ1) is 14.5. The maximum absolute atomic E-state index is 13.3. The van der Waals surface area contributed by atoms with Crippen molar-refractivity contribution >= 4 is 21.6 Å². The SMILES string of the molecule is COCCOCCNC(=O)c1cc(S(=O)(=O)N2CCc3ccccc32)ccc1OC. The number of anilines is 1. The quantitative estimate of drug-likeness (QED) is 0.574. The van der Waals surface area contributed by atoms with Crippen LogP contribution in [0.3, 0.4) is 0 Å². The number of rotatable bonds is 10. The van der Waals surface area contributed by atoms with E-state index in [1.807, 2.05) is 18.2 Å². The molecular formula is C21H26N2O6S. The van der Waals surface area contributed by atoms with Crippen LogP contribution in [-0.4, -0.2) is 61.5 Å². The van der Waals surface area contributed by atoms with Crippen molar-refractivity contribution in [2.45, 2.75) is 11.3 Å². The van der Waals surface area contributed by atoms with Gasteiger partial charge in [-0.2, -0.15) is 0 Å². The first kappa shape index (κ1) is 22.1. The predicted octanol–water partition coefficient (Wildman–Crippen LogP) is 1.84. The topological polar surface area (TPSA) is 94.2 Å². The molecule has 0 spiro atoms. The van der Waals surface area contributed by atoms with Crippen LogP contribution in [0, 0.1) is 0 Å². The van der Waals surface area contributed by atoms with E-state index in [-0.39, 0.29) is 17.0 Å². The van der Waals surface area contributed by atoms with Gasteiger partial charge in [0.25, 0.3) is 15.9 Å². The van der Waals surface area contributed by atoms with E-state index < -0.39 is 15.9 Å². The van der Waals surface area contributed by atoms with Crippen LogP contribution in [0.1, 0.15) is 15.9 Å². The van der Waals surface area contributed by atoms with Crippen LogP contribution in [0.5, 0.6) is 5.75 Å². The molecule has 0 radical (unpaired) electrons. The van der Waals surface area contributed by atoms with E-state index in [0.29, 0.717) is 44.2 Å². The van der Waals surface area contributed by atoms with Crippen molar-refractivity contribution in [3.8, 4) is 5.75 Å². The molecule has 162 valence electrons. The third kappa shape index (κ3) is 4.75. The maximum Gasteiger partial charge on any atom is 0.264 e. The molecule has 1 amide bonds. The number of nitrogens with one attached hydrogen (secondary N) is 1. The lowest BCUT2D eigenvalue weighted by molar-refractivity contribution is 0.0692. The number of nitrogens with zero attached hydrogens (tertiary/aromatic N) is 1. The molecule has 0 atom stereocenters. The van der Waals surface area contributed by atoms with Crippen molar-refractivity contribution in [3.05, 3.63) is 53.6 Å². The van der Waals surface area contributed by atoms with Crippen LogP contribution in [0.15, 0.2) is 47.4 Å². The molecule has 1 aliphatic rings. The number of amides is 1. The van der Waals surface area contributed by atoms with Crippen molar-refractivity contribution in [2.75, 3.05) is 51.4 Å². The van der Waals surface area contributed by atoms with Crippen molar-refractivity contribution in [2.24, 2.45) is 0 Å². The predicted molar refractivity (Wildman–Crippen MR) is 113 cm³/mol. The van der Waals surface area contributed by atoms with Gasteiger partial charge < -0.3 is 19.5 Å². The van der Waals surface area contributed by atoms with Gasteiger partial charge in [-0.3, -0.25) is 9.10 Å². The van der Waals surface area contributed by atoms with Gasteiger partial charge in [0, 0.05) is 20.2 Å². The van der Waals surface area contributed by atoms with Gasteiger partial charge in [0.15, 0.2) is 0 Å². The van der Waals surface area contributed by atoms with Crippen molar-refractivity contribution in [1.29, 1.82) is 0 Å². The second-order valence-corrected chi connectivity index (χ2v) is 8.54. The lowest BCUT2D eigenvalue weighted by atomic mass is 10.2. The molecule has 1 N–H and O–H groups in total. The van der Waals surface area contributed by atoms with E-state index in [1.54, 1.807) is 13.2 Å². The Morgan fingerprint density at radius 1 is 1.10 bits per heavy atom. The molecule has 0 fully saturated rings. The summed E-state index contributed by atoms with van der Waals surface area (Å²) in [6.07, 6.45) is 0.655. The summed E-state index contributed by atoms with van der Waals surface area (Å²) in [5.41, 5.74) is 1.82. The zero-order chi connectivity index (χ0) is 21.6. The number of carbonyl (C=O) groups excluding carboxylic acids is 1. The standard InChI is InChI=1S/C21H26N2O6S/c1-27-13-14-29-12-10-22-21(24)18-15-17(7-8-20(18)28-2)30(25,26)23-11-9-16-5-3-4-6-19(16)23/h3-8,15H,9-14H2,1-2H3,(H,22,24). The third-order valence-electron chi connectivity index (χ3n) is 4.81. The molecule has 0 saturated carbocycles. The van der Waals surface area contributed by atoms with Crippen LogP contribution in [0.2, 0.25) is 0 Å². The van der Waals surface area contributed by atoms with Crippen LogP contribution >= 0.6 is 0 Å². The Morgan fingerprint density at radius 2 is 1.90 bits per heavy atom. The van der Waals surface area contributed by atoms with Crippen LogP contribution in [-0.2, 0) is 25.9 Å². The lowest BCUT2D eigenvalue weighted by Crippen LogP contribution is -2.30. The number of sulfonamides is 1. The number of hydrogen-bond acceptors (Lipinski definition) is 6. The van der Waals surface area contributed by atoms with E-state index in [0.717, 1.165) is 5.56 Å². The number of methoxy groups -OCH3 is 2. The van der Waals surface area contributed by atoms with Gasteiger partial charge >= 0.3 is 0 Å². The summed E-state index contributed by atoms with van der Waals surface area (Å²) in [6, 6.07) is 11.7. The fraction of sp³-hybridized carbons (Fsp3) is 0.381. The van der Waals surface area contributed by atoms with Crippen molar-refractivity contribution in [1.82, 2.24) is 5.32 Å². The molecule has 1 heterocycles. The highest BCUT2D eigenvalue weighted by molar-refractivity contribution is 7.92. The second-order valence-electron chi connectivity index (χ2n) is 6.68. The summed E-state index contributed by atoms with van der Waals surface area (Å²) < 4.78 is 43.4. The minimum atomic E-state index is -3.81. The van der Waals surface area contributed by atoms with Crippen LogP contribution in [0.4, 0.5) is 5.69 Å². The Labute approximate surface area is 176 Å². The van der Waals surface area contributed by atoms with Gasteiger partial charge in [-0.05, 0) is 36.2 Å². The summed E-state index contributed by atoms with van der Waals surface area (Å²) in [5, 5.41) is 2.72. The Morgan fingerprint density at radius 3 is 2.67 bits per heavy atom. The summed E-state index contributed by atoms with van der Waals surface area (Å²) in [5.74, 6) is -0.130. The summed E-state index contributed by atoms with van der Waals surface area (Å²) in [4.78, 5) is 12.7. The zero-order valence-electron chi connectivity index (χ0n) is 17.1. The smallest absolute Gasteiger partial charge is 0.264 e. The largest absolute Gasteiger partial charge is 0.496 e. The molecule has 0 unspecified atom stereocenters. The maximum atomic E-state index is 13.3. The molecule has 30 heavy (non-hydrogen) atoms. The van der Waals surface area contributed by atoms with Crippen LogP contribution in [0.25, 0.3) is 0 Å². The highest BCUT2D eigenvalue weighted by Gasteiger charge is 2.31. The molecular weight excluding hydrogens is 408 g/mol. The second kappa shape index (κ2) is 9.92. The Hall–Kier alpha value is -2.62. The number of fused-ring (bicyclic) bond motifs is 1. The van der Waals surface area contributed by atoms with E-state index in [2.05, 4.69) is 5.32 Å². The monoisotopic (exact) mass is 434 g/mol. The average molecular weight is 435 g/mol. The van der Waals surface area contributed by atoms with E-state index in [1.165, 1.54) is 29.6 Å². The van der Waals surface area contributed by atoms with Gasteiger partial charge in [0.05, 0.1) is 43.1 Å². The molecule has 2 aromatic rings. The van der Waals surface area contributed by atoms with Gasteiger partial charge in [-0.15, -0.1) is 0 Å². The number of carbonyl (C=O) groups is 1. The average Bonchev–Trinajstić information content (AvgIpc) is 3.20. The van der Waals surface area contributed by atoms with Crippen molar-refractivity contribution < 1.29 is 27.4 Å². The molecule has 0 aliphatic carbocycles. The zero-order valence-corrected chi connectivity index (χ0v) is 17.9. The third-order valence-corrected chi connectivity index (χ3v) is 6.62. The minimum absolute atomic E-state index is 0.0431. The normalized spacial score (nSPS) is 13.2. The van der Waals surface area contributed by atoms with E-state index >= 15 is 0 Å². The Kier molecular flexibility index (Phi) is 7.30. The molecule has 0 aromatic heterocycles. The highest BCUT2D eigenvalue weighted by atomic mass is 32.2. The number of hydrogen-bond donors (Lipinski definition) is 1. The summed E-state index contributed by atoms with van der Waals surface area (Å²) in [6.45, 7) is 1.87. The number of ether oxygens (including phenoxy) is 3. The fourth-order valence-electron chi connectivity index (χ4n) is 3.29. The molecule has 0 bridgehead atoms. The van der Waals surface area contributed by atoms with Crippen LogP contribution < -0.4 is 14.4 Å².